The maximum Gasteiger partial charge on any atom is 0.242 e. The van der Waals surface area contributed by atoms with E-state index in [2.05, 4.69) is 15.3 Å². The number of aliphatic hydroxyl groups excluding tert-OH is 1. The van der Waals surface area contributed by atoms with Crippen LogP contribution in [0.3, 0.4) is 0 Å². The summed E-state index contributed by atoms with van der Waals surface area (Å²) in [6, 6.07) is 0. The molecule has 0 saturated carbocycles. The number of ether oxygens (including phenoxy) is 1. The first-order valence-electron chi connectivity index (χ1n) is 6.34. The minimum atomic E-state index is -0.399. The second-order valence-corrected chi connectivity index (χ2v) is 4.11. The van der Waals surface area contributed by atoms with Crippen molar-refractivity contribution in [3.8, 4) is 5.88 Å². The lowest BCUT2D eigenvalue weighted by Crippen LogP contribution is -2.20. The van der Waals surface area contributed by atoms with Crippen LogP contribution >= 0.6 is 0 Å². The molecular weight excluding hydrogens is 232 g/mol. The summed E-state index contributed by atoms with van der Waals surface area (Å²) in [6.07, 6.45) is 3.57. The summed E-state index contributed by atoms with van der Waals surface area (Å²) >= 11 is 0. The Kier molecular flexibility index (Phi) is 6.21. The number of nitrogens with zero attached hydrogens (tertiary/aromatic N) is 2. The largest absolute Gasteiger partial charge is 0.476 e. The smallest absolute Gasteiger partial charge is 0.242 e. The Morgan fingerprint density at radius 3 is 2.83 bits per heavy atom. The van der Waals surface area contributed by atoms with Gasteiger partial charge < -0.3 is 20.9 Å². The monoisotopic (exact) mass is 254 g/mol. The predicted molar refractivity (Wildman–Crippen MR) is 71.6 cm³/mol. The van der Waals surface area contributed by atoms with Gasteiger partial charge in [0, 0.05) is 6.54 Å². The van der Waals surface area contributed by atoms with Crippen molar-refractivity contribution in [3.05, 3.63) is 6.33 Å². The Bertz CT molecular complexity index is 360. The van der Waals surface area contributed by atoms with Crippen LogP contribution in [-0.4, -0.2) is 34.3 Å². The normalized spacial score (nSPS) is 12.2. The third-order valence-corrected chi connectivity index (χ3v) is 2.42. The zero-order valence-electron chi connectivity index (χ0n) is 11.0. The van der Waals surface area contributed by atoms with E-state index in [4.69, 9.17) is 10.5 Å². The van der Waals surface area contributed by atoms with Gasteiger partial charge in [-0.25, -0.2) is 4.98 Å². The maximum atomic E-state index is 9.63. The summed E-state index contributed by atoms with van der Waals surface area (Å²) in [5, 5.41) is 12.6. The summed E-state index contributed by atoms with van der Waals surface area (Å²) in [6.45, 7) is 5.03. The number of nitrogens with two attached hydrogens (primary N) is 1. The quantitative estimate of drug-likeness (QED) is 0.649. The number of hydrogen-bond donors (Lipinski definition) is 3. The van der Waals surface area contributed by atoms with Gasteiger partial charge in [0.05, 0.1) is 12.7 Å². The highest BCUT2D eigenvalue weighted by atomic mass is 16.5. The molecule has 0 amide bonds. The van der Waals surface area contributed by atoms with Crippen molar-refractivity contribution in [3.63, 3.8) is 0 Å². The second kappa shape index (κ2) is 7.71. The van der Waals surface area contributed by atoms with Crippen molar-refractivity contribution in [2.45, 2.75) is 39.2 Å². The average Bonchev–Trinajstić information content (AvgIpc) is 2.36. The van der Waals surface area contributed by atoms with E-state index < -0.39 is 6.10 Å². The summed E-state index contributed by atoms with van der Waals surface area (Å²) < 4.78 is 5.40. The van der Waals surface area contributed by atoms with Crippen molar-refractivity contribution in [2.75, 3.05) is 24.2 Å². The van der Waals surface area contributed by atoms with E-state index in [1.54, 1.807) is 0 Å². The summed E-state index contributed by atoms with van der Waals surface area (Å²) in [5.41, 5.74) is 6.27. The molecule has 1 atom stereocenters. The number of aliphatic hydroxyl groups is 1. The molecule has 1 rings (SSSR count). The van der Waals surface area contributed by atoms with Crippen LogP contribution < -0.4 is 15.8 Å². The highest BCUT2D eigenvalue weighted by Crippen LogP contribution is 2.24. The highest BCUT2D eigenvalue weighted by Gasteiger charge is 2.10. The molecule has 0 spiro atoms. The number of nitrogens with one attached hydrogen (secondary N) is 1. The van der Waals surface area contributed by atoms with E-state index in [-0.39, 0.29) is 0 Å². The molecule has 1 aromatic heterocycles. The van der Waals surface area contributed by atoms with Crippen molar-refractivity contribution in [1.82, 2.24) is 9.97 Å². The van der Waals surface area contributed by atoms with Crippen LogP contribution in [0.25, 0.3) is 0 Å². The minimum Gasteiger partial charge on any atom is -0.476 e. The first kappa shape index (κ1) is 14.5. The molecule has 102 valence electrons. The molecule has 18 heavy (non-hydrogen) atoms. The first-order chi connectivity index (χ1) is 8.69. The van der Waals surface area contributed by atoms with E-state index in [1.807, 2.05) is 13.8 Å². The van der Waals surface area contributed by atoms with Gasteiger partial charge in [-0.1, -0.05) is 20.3 Å². The number of hydrogen-bond acceptors (Lipinski definition) is 6. The van der Waals surface area contributed by atoms with Crippen LogP contribution in [-0.2, 0) is 0 Å². The molecule has 0 aliphatic rings. The molecule has 0 bridgehead atoms. The molecule has 6 heteroatoms. The fraction of sp³-hybridized carbons (Fsp3) is 0.667. The lowest BCUT2D eigenvalue weighted by molar-refractivity contribution is 0.176. The molecule has 4 N–H and O–H groups in total. The van der Waals surface area contributed by atoms with Crippen molar-refractivity contribution < 1.29 is 9.84 Å². The SMILES string of the molecule is CCCOc1ncnc(NCC(O)CCC)c1N. The van der Waals surface area contributed by atoms with Crippen LogP contribution in [0.1, 0.15) is 33.1 Å². The third kappa shape index (κ3) is 4.37. The maximum absolute atomic E-state index is 9.63. The van der Waals surface area contributed by atoms with Gasteiger partial charge in [-0.2, -0.15) is 4.98 Å². The Morgan fingerprint density at radius 2 is 2.17 bits per heavy atom. The molecule has 1 aromatic rings. The fourth-order valence-electron chi connectivity index (χ4n) is 1.48. The number of aromatic nitrogens is 2. The lowest BCUT2D eigenvalue weighted by atomic mass is 10.2. The number of rotatable bonds is 8. The first-order valence-corrected chi connectivity index (χ1v) is 6.34. The van der Waals surface area contributed by atoms with Crippen LogP contribution in [0.2, 0.25) is 0 Å². The van der Waals surface area contributed by atoms with E-state index in [9.17, 15) is 5.11 Å². The van der Waals surface area contributed by atoms with Gasteiger partial charge in [-0.3, -0.25) is 0 Å². The molecule has 6 nitrogen and oxygen atoms in total. The lowest BCUT2D eigenvalue weighted by Gasteiger charge is -2.14. The average molecular weight is 254 g/mol. The fourth-order valence-corrected chi connectivity index (χ4v) is 1.48. The molecule has 1 unspecified atom stereocenters. The van der Waals surface area contributed by atoms with Crippen LogP contribution in [0.15, 0.2) is 6.33 Å². The Labute approximate surface area is 108 Å². The van der Waals surface area contributed by atoms with Gasteiger partial charge >= 0.3 is 0 Å². The molecule has 0 radical (unpaired) electrons. The molecule has 0 aromatic carbocycles. The third-order valence-electron chi connectivity index (χ3n) is 2.42. The second-order valence-electron chi connectivity index (χ2n) is 4.11. The van der Waals surface area contributed by atoms with Gasteiger partial charge in [0.2, 0.25) is 5.88 Å². The van der Waals surface area contributed by atoms with Crippen molar-refractivity contribution in [2.24, 2.45) is 0 Å². The number of nitrogen functional groups attached to an aromatic ring is 1. The number of anilines is 2. The molecule has 0 fully saturated rings. The molecule has 0 aliphatic carbocycles. The Hall–Kier alpha value is -1.56. The van der Waals surface area contributed by atoms with Crippen LogP contribution in [0, 0.1) is 0 Å². The topological polar surface area (TPSA) is 93.3 Å². The molecule has 0 saturated heterocycles. The van der Waals surface area contributed by atoms with Gasteiger partial charge in [-0.15, -0.1) is 0 Å². The van der Waals surface area contributed by atoms with Gasteiger partial charge in [0.15, 0.2) is 5.82 Å². The van der Waals surface area contributed by atoms with E-state index in [0.717, 1.165) is 19.3 Å². The van der Waals surface area contributed by atoms with Crippen LogP contribution in [0.5, 0.6) is 5.88 Å². The van der Waals surface area contributed by atoms with Crippen LogP contribution in [0.4, 0.5) is 11.5 Å². The summed E-state index contributed by atoms with van der Waals surface area (Å²) in [7, 11) is 0. The van der Waals surface area contributed by atoms with Crippen molar-refractivity contribution in [1.29, 1.82) is 0 Å². The Morgan fingerprint density at radius 1 is 1.39 bits per heavy atom. The van der Waals surface area contributed by atoms with E-state index in [1.165, 1.54) is 6.33 Å². The predicted octanol–water partition coefficient (Wildman–Crippen LogP) is 1.42. The van der Waals surface area contributed by atoms with E-state index >= 15 is 0 Å². The zero-order valence-corrected chi connectivity index (χ0v) is 11.0. The Balaban J connectivity index is 2.60. The van der Waals surface area contributed by atoms with Gasteiger partial charge in [0.25, 0.3) is 0 Å². The van der Waals surface area contributed by atoms with Crippen molar-refractivity contribution >= 4 is 11.5 Å². The summed E-state index contributed by atoms with van der Waals surface area (Å²) in [4.78, 5) is 8.02. The molecule has 0 aliphatic heterocycles. The highest BCUT2D eigenvalue weighted by molar-refractivity contribution is 5.66. The van der Waals surface area contributed by atoms with Gasteiger partial charge in [-0.05, 0) is 12.8 Å². The van der Waals surface area contributed by atoms with Gasteiger partial charge in [0.1, 0.15) is 12.0 Å². The zero-order chi connectivity index (χ0) is 13.4. The minimum absolute atomic E-state index is 0.384. The summed E-state index contributed by atoms with van der Waals surface area (Å²) in [5.74, 6) is 0.894. The molecular formula is C12H22N4O2. The molecule has 1 heterocycles. The standard InChI is InChI=1S/C12H22N4O2/c1-3-5-9(17)7-14-11-10(13)12(16-8-15-11)18-6-4-2/h8-9,17H,3-7,13H2,1-2H3,(H,14,15,16). The van der Waals surface area contributed by atoms with E-state index in [0.29, 0.717) is 30.5 Å².